The number of piperidine rings is 1. The zero-order chi connectivity index (χ0) is 22.5. The quantitative estimate of drug-likeness (QED) is 0.573. The zero-order valence-corrected chi connectivity index (χ0v) is 20.0. The molecule has 2 aromatic rings. The molecule has 0 radical (unpaired) electrons. The van der Waals surface area contributed by atoms with Crippen LogP contribution in [0.1, 0.15) is 55.5 Å². The molecule has 2 aromatic carbocycles. The third-order valence-electron chi connectivity index (χ3n) is 6.72. The van der Waals surface area contributed by atoms with E-state index in [1.54, 1.807) is 0 Å². The van der Waals surface area contributed by atoms with Gasteiger partial charge < -0.3 is 10.2 Å². The van der Waals surface area contributed by atoms with Crippen molar-refractivity contribution in [3.05, 3.63) is 59.4 Å². The molecule has 2 aliphatic heterocycles. The maximum Gasteiger partial charge on any atom is 0.251 e. The summed E-state index contributed by atoms with van der Waals surface area (Å²) < 4.78 is 13.3. The predicted octanol–water partition coefficient (Wildman–Crippen LogP) is 5.32. The van der Waals surface area contributed by atoms with Gasteiger partial charge in [-0.25, -0.2) is 4.39 Å². The highest BCUT2D eigenvalue weighted by molar-refractivity contribution is 7.99. The number of carbonyl (C=O) groups is 1. The van der Waals surface area contributed by atoms with Crippen LogP contribution in [0.25, 0.3) is 0 Å². The first-order valence-corrected chi connectivity index (χ1v) is 12.8. The number of fused-ring (bicyclic) bond motifs is 1. The van der Waals surface area contributed by atoms with Crippen LogP contribution < -0.4 is 10.2 Å². The molecule has 4 nitrogen and oxygen atoms in total. The Morgan fingerprint density at radius 1 is 1.12 bits per heavy atom. The van der Waals surface area contributed by atoms with E-state index in [0.29, 0.717) is 30.7 Å². The maximum atomic E-state index is 13.3. The summed E-state index contributed by atoms with van der Waals surface area (Å²) in [5.74, 6) is 0.781. The molecule has 4 rings (SSSR count). The minimum Gasteiger partial charge on any atom is -0.365 e. The average molecular weight is 456 g/mol. The molecule has 0 bridgehead atoms. The molecule has 1 N–H and O–H groups in total. The van der Waals surface area contributed by atoms with Crippen LogP contribution in [0.15, 0.2) is 47.4 Å². The van der Waals surface area contributed by atoms with Crippen molar-refractivity contribution < 1.29 is 9.18 Å². The van der Waals surface area contributed by atoms with Gasteiger partial charge in [-0.2, -0.15) is 0 Å². The molecule has 0 spiro atoms. The number of anilines is 1. The highest BCUT2D eigenvalue weighted by Crippen LogP contribution is 2.36. The van der Waals surface area contributed by atoms with Crippen molar-refractivity contribution >= 4 is 23.4 Å². The molecule has 1 fully saturated rings. The van der Waals surface area contributed by atoms with Crippen LogP contribution >= 0.6 is 11.8 Å². The molecule has 2 heterocycles. The Morgan fingerprint density at radius 3 is 2.62 bits per heavy atom. The summed E-state index contributed by atoms with van der Waals surface area (Å²) in [7, 11) is 0. The highest BCUT2D eigenvalue weighted by atomic mass is 32.2. The van der Waals surface area contributed by atoms with Crippen LogP contribution in [0, 0.1) is 5.82 Å². The summed E-state index contributed by atoms with van der Waals surface area (Å²) in [5.41, 5.74) is 2.87. The first-order chi connectivity index (χ1) is 15.5. The number of halogens is 1. The number of rotatable bonds is 7. The van der Waals surface area contributed by atoms with Gasteiger partial charge in [0, 0.05) is 54.5 Å². The van der Waals surface area contributed by atoms with Gasteiger partial charge in [0.2, 0.25) is 0 Å². The Balaban J connectivity index is 1.34. The van der Waals surface area contributed by atoms with Crippen molar-refractivity contribution in [3.8, 4) is 0 Å². The first kappa shape index (κ1) is 23.1. The molecule has 0 unspecified atom stereocenters. The number of carbonyl (C=O) groups excluding carboxylic acids is 1. The van der Waals surface area contributed by atoms with Gasteiger partial charge in [-0.3, -0.25) is 9.69 Å². The van der Waals surface area contributed by atoms with Crippen molar-refractivity contribution in [2.75, 3.05) is 30.3 Å². The summed E-state index contributed by atoms with van der Waals surface area (Å²) in [6.45, 7) is 7.99. The van der Waals surface area contributed by atoms with E-state index >= 15 is 0 Å². The fraction of sp³-hybridized carbons (Fsp3) is 0.500. The smallest absolute Gasteiger partial charge is 0.251 e. The molecule has 2 aliphatic rings. The second kappa shape index (κ2) is 10.7. The molecule has 0 aliphatic carbocycles. The molecule has 172 valence electrons. The second-order valence-corrected chi connectivity index (χ2v) is 10.2. The summed E-state index contributed by atoms with van der Waals surface area (Å²) in [5, 5.41) is 3.11. The molecule has 6 heteroatoms. The monoisotopic (exact) mass is 455 g/mol. The third kappa shape index (κ3) is 5.65. The fourth-order valence-corrected chi connectivity index (χ4v) is 5.90. The van der Waals surface area contributed by atoms with Crippen LogP contribution in [-0.4, -0.2) is 48.3 Å². The van der Waals surface area contributed by atoms with Crippen molar-refractivity contribution in [3.63, 3.8) is 0 Å². The van der Waals surface area contributed by atoms with Crippen LogP contribution in [0.3, 0.4) is 0 Å². The fourth-order valence-electron chi connectivity index (χ4n) is 4.87. The summed E-state index contributed by atoms with van der Waals surface area (Å²) in [6, 6.07) is 13.9. The van der Waals surface area contributed by atoms with Gasteiger partial charge in [0.15, 0.2) is 0 Å². The second-order valence-electron chi connectivity index (χ2n) is 9.06. The van der Waals surface area contributed by atoms with E-state index in [1.165, 1.54) is 36.3 Å². The zero-order valence-electron chi connectivity index (χ0n) is 19.1. The van der Waals surface area contributed by atoms with Gasteiger partial charge in [0.25, 0.3) is 5.91 Å². The summed E-state index contributed by atoms with van der Waals surface area (Å²) in [6.07, 6.45) is 4.85. The SMILES string of the molecule is C[C@H]1CCC[C@H](C)N1CCCNC(=O)c1ccc2c(c1)N(Cc1ccc(F)cc1)CCS2. The standard InChI is InChI=1S/C26H34FN3OS/c1-19-5-3-6-20(2)30(19)14-4-13-28-26(31)22-9-12-25-24(17-22)29(15-16-32-25)18-21-7-10-23(27)11-8-21/h7-12,17,19-20H,3-6,13-16,18H2,1-2H3,(H,28,31)/t19-,20-/m0/s1. The normalized spacial score (nSPS) is 21.3. The van der Waals surface area contributed by atoms with E-state index in [2.05, 4.69) is 35.0 Å². The lowest BCUT2D eigenvalue weighted by Gasteiger charge is -2.39. The Labute approximate surface area is 195 Å². The Bertz CT molecular complexity index is 910. The van der Waals surface area contributed by atoms with Gasteiger partial charge in [0.1, 0.15) is 5.82 Å². The average Bonchev–Trinajstić information content (AvgIpc) is 2.79. The largest absolute Gasteiger partial charge is 0.365 e. The molecule has 0 aromatic heterocycles. The van der Waals surface area contributed by atoms with Gasteiger partial charge in [-0.1, -0.05) is 18.6 Å². The molecule has 2 atom stereocenters. The molecular weight excluding hydrogens is 421 g/mol. The van der Waals surface area contributed by atoms with Gasteiger partial charge in [-0.15, -0.1) is 11.8 Å². The molecule has 0 saturated carbocycles. The molecule has 32 heavy (non-hydrogen) atoms. The molecule has 1 amide bonds. The van der Waals surface area contributed by atoms with Gasteiger partial charge in [0.05, 0.1) is 5.69 Å². The Kier molecular flexibility index (Phi) is 7.74. The summed E-state index contributed by atoms with van der Waals surface area (Å²) >= 11 is 1.82. The van der Waals surface area contributed by atoms with E-state index in [9.17, 15) is 9.18 Å². The van der Waals surface area contributed by atoms with E-state index in [1.807, 2.05) is 36.0 Å². The number of benzene rings is 2. The van der Waals surface area contributed by atoms with Gasteiger partial charge in [-0.05, 0) is 69.0 Å². The van der Waals surface area contributed by atoms with E-state index in [-0.39, 0.29) is 11.7 Å². The number of hydrogen-bond donors (Lipinski definition) is 1. The number of thioether (sulfide) groups is 1. The number of nitrogens with zero attached hydrogens (tertiary/aromatic N) is 2. The van der Waals surface area contributed by atoms with Gasteiger partial charge >= 0.3 is 0 Å². The van der Waals surface area contributed by atoms with Crippen molar-refractivity contribution in [2.24, 2.45) is 0 Å². The maximum absolute atomic E-state index is 13.3. The molecular formula is C26H34FN3OS. The number of amides is 1. The van der Waals surface area contributed by atoms with Crippen LogP contribution in [-0.2, 0) is 6.54 Å². The van der Waals surface area contributed by atoms with Crippen molar-refractivity contribution in [1.82, 2.24) is 10.2 Å². The van der Waals surface area contributed by atoms with Crippen molar-refractivity contribution in [1.29, 1.82) is 0 Å². The van der Waals surface area contributed by atoms with Crippen LogP contribution in [0.2, 0.25) is 0 Å². The van der Waals surface area contributed by atoms with Crippen LogP contribution in [0.5, 0.6) is 0 Å². The minimum absolute atomic E-state index is 0.00940. The number of nitrogens with one attached hydrogen (secondary N) is 1. The summed E-state index contributed by atoms with van der Waals surface area (Å²) in [4.78, 5) is 18.9. The predicted molar refractivity (Wildman–Crippen MR) is 131 cm³/mol. The van der Waals surface area contributed by atoms with E-state index < -0.39 is 0 Å². The lowest BCUT2D eigenvalue weighted by molar-refractivity contribution is 0.0925. The van der Waals surface area contributed by atoms with Crippen molar-refractivity contribution in [2.45, 2.75) is 63.1 Å². The highest BCUT2D eigenvalue weighted by Gasteiger charge is 2.24. The topological polar surface area (TPSA) is 35.6 Å². The Morgan fingerprint density at radius 2 is 1.88 bits per heavy atom. The number of hydrogen-bond acceptors (Lipinski definition) is 4. The Hall–Kier alpha value is -2.05. The lowest BCUT2D eigenvalue weighted by Crippen LogP contribution is -2.44. The minimum atomic E-state index is -0.216. The first-order valence-electron chi connectivity index (χ1n) is 11.8. The lowest BCUT2D eigenvalue weighted by atomic mass is 9.97. The third-order valence-corrected chi connectivity index (χ3v) is 7.76. The number of likely N-dealkylation sites (tertiary alicyclic amines) is 1. The van der Waals surface area contributed by atoms with Crippen LogP contribution in [0.4, 0.5) is 10.1 Å². The molecule has 1 saturated heterocycles. The van der Waals surface area contributed by atoms with E-state index in [4.69, 9.17) is 0 Å². The van der Waals surface area contributed by atoms with E-state index in [0.717, 1.165) is 36.5 Å².